The molecule has 1 aromatic rings. The van der Waals surface area contributed by atoms with Gasteiger partial charge in [-0.1, -0.05) is 6.42 Å². The first kappa shape index (κ1) is 13.0. The molecule has 0 unspecified atom stereocenters. The molecule has 1 aliphatic heterocycles. The van der Waals surface area contributed by atoms with Gasteiger partial charge in [-0.2, -0.15) is 0 Å². The van der Waals surface area contributed by atoms with E-state index in [9.17, 15) is 4.79 Å². The summed E-state index contributed by atoms with van der Waals surface area (Å²) in [5, 5.41) is 6.42. The summed E-state index contributed by atoms with van der Waals surface area (Å²) in [5.74, 6) is 0.815. The number of benzene rings is 1. The molecule has 0 saturated heterocycles. The first-order valence-corrected chi connectivity index (χ1v) is 7.81. The van der Waals surface area contributed by atoms with E-state index in [1.54, 1.807) is 0 Å². The first-order valence-electron chi connectivity index (χ1n) is 7.81. The van der Waals surface area contributed by atoms with Gasteiger partial charge in [0.1, 0.15) is 12.4 Å². The third-order valence-corrected chi connectivity index (χ3v) is 4.89. The van der Waals surface area contributed by atoms with E-state index in [0.29, 0.717) is 24.1 Å². The quantitative estimate of drug-likeness (QED) is 0.570. The van der Waals surface area contributed by atoms with Crippen LogP contribution >= 0.6 is 0 Å². The van der Waals surface area contributed by atoms with E-state index >= 15 is 0 Å². The molecule has 1 heterocycles. The van der Waals surface area contributed by atoms with E-state index < -0.39 is 0 Å². The minimum Gasteiger partial charge on any atom is -0.490 e. The number of nitrogens with two attached hydrogens (primary N) is 1. The highest BCUT2D eigenvalue weighted by molar-refractivity contribution is 6.08. The number of amides is 1. The molecule has 0 radical (unpaired) electrons. The molecule has 2 saturated carbocycles. The van der Waals surface area contributed by atoms with E-state index in [2.05, 4.69) is 10.6 Å². The van der Waals surface area contributed by atoms with Crippen LogP contribution in [-0.4, -0.2) is 25.1 Å². The fourth-order valence-corrected chi connectivity index (χ4v) is 3.35. The van der Waals surface area contributed by atoms with Crippen molar-refractivity contribution in [1.82, 2.24) is 5.32 Å². The van der Waals surface area contributed by atoms with Crippen LogP contribution in [0.2, 0.25) is 0 Å². The molecule has 2 fully saturated rings. The Labute approximate surface area is 124 Å². The van der Waals surface area contributed by atoms with Crippen molar-refractivity contribution >= 4 is 17.3 Å². The molecule has 5 nitrogen and oxygen atoms in total. The minimum absolute atomic E-state index is 0.107. The first-order chi connectivity index (χ1) is 10.2. The SMILES string of the molecule is Nc1cc(OCCNC2CC2)c2c(c1)C1(CCC1)C(=O)N2. The number of hydrogen-bond acceptors (Lipinski definition) is 4. The van der Waals surface area contributed by atoms with Crippen LogP contribution in [0, 0.1) is 0 Å². The zero-order valence-electron chi connectivity index (χ0n) is 12.1. The number of rotatable bonds is 5. The number of anilines is 2. The van der Waals surface area contributed by atoms with Gasteiger partial charge in [-0.15, -0.1) is 0 Å². The molecule has 3 aliphatic rings. The van der Waals surface area contributed by atoms with Gasteiger partial charge in [-0.25, -0.2) is 0 Å². The fourth-order valence-electron chi connectivity index (χ4n) is 3.35. The average molecular weight is 287 g/mol. The van der Waals surface area contributed by atoms with Crippen molar-refractivity contribution in [2.75, 3.05) is 24.2 Å². The summed E-state index contributed by atoms with van der Waals surface area (Å²) in [6.07, 6.45) is 5.47. The molecule has 112 valence electrons. The molecule has 2 aliphatic carbocycles. The number of hydrogen-bond donors (Lipinski definition) is 3. The largest absolute Gasteiger partial charge is 0.490 e. The van der Waals surface area contributed by atoms with Crippen LogP contribution in [-0.2, 0) is 10.2 Å². The summed E-state index contributed by atoms with van der Waals surface area (Å²) in [7, 11) is 0. The lowest BCUT2D eigenvalue weighted by Gasteiger charge is -2.36. The van der Waals surface area contributed by atoms with Gasteiger partial charge in [-0.05, 0) is 37.3 Å². The summed E-state index contributed by atoms with van der Waals surface area (Å²) >= 11 is 0. The molecule has 4 N–H and O–H groups in total. The van der Waals surface area contributed by atoms with E-state index in [4.69, 9.17) is 10.5 Å². The third-order valence-electron chi connectivity index (χ3n) is 4.89. The summed E-state index contributed by atoms with van der Waals surface area (Å²) < 4.78 is 5.86. The number of nitrogens with one attached hydrogen (secondary N) is 2. The number of nitrogen functional groups attached to an aromatic ring is 1. The standard InChI is InChI=1S/C16H21N3O2/c17-10-8-12-14(19-15(20)16(12)4-1-5-16)13(9-10)21-7-6-18-11-2-3-11/h8-9,11,18H,1-7,17H2,(H,19,20). The summed E-state index contributed by atoms with van der Waals surface area (Å²) in [4.78, 5) is 12.3. The molecule has 0 atom stereocenters. The summed E-state index contributed by atoms with van der Waals surface area (Å²) in [6, 6.07) is 4.42. The van der Waals surface area contributed by atoms with Crippen molar-refractivity contribution < 1.29 is 9.53 Å². The van der Waals surface area contributed by atoms with Crippen molar-refractivity contribution in [2.24, 2.45) is 0 Å². The Balaban J connectivity index is 1.54. The molecule has 1 spiro atoms. The molecule has 5 heteroatoms. The highest BCUT2D eigenvalue weighted by Crippen LogP contribution is 2.54. The van der Waals surface area contributed by atoms with Crippen LogP contribution < -0.4 is 21.1 Å². The Morgan fingerprint density at radius 3 is 2.86 bits per heavy atom. The maximum atomic E-state index is 12.3. The summed E-state index contributed by atoms with van der Waals surface area (Å²) in [6.45, 7) is 1.42. The molecular formula is C16H21N3O2. The second-order valence-corrected chi connectivity index (χ2v) is 6.41. The number of ether oxygens (including phenoxy) is 1. The second kappa shape index (κ2) is 4.63. The molecule has 21 heavy (non-hydrogen) atoms. The lowest BCUT2D eigenvalue weighted by Crippen LogP contribution is -2.40. The summed E-state index contributed by atoms with van der Waals surface area (Å²) in [5.41, 5.74) is 8.20. The van der Waals surface area contributed by atoms with Gasteiger partial charge in [0.05, 0.1) is 11.1 Å². The Kier molecular flexibility index (Phi) is 2.85. The minimum atomic E-state index is -0.338. The Hall–Kier alpha value is -1.75. The number of fused-ring (bicyclic) bond motifs is 2. The maximum absolute atomic E-state index is 12.3. The van der Waals surface area contributed by atoms with Crippen molar-refractivity contribution in [2.45, 2.75) is 43.6 Å². The average Bonchev–Trinajstić information content (AvgIpc) is 3.16. The maximum Gasteiger partial charge on any atom is 0.235 e. The normalized spacial score (nSPS) is 21.8. The van der Waals surface area contributed by atoms with Crippen LogP contribution in [0.4, 0.5) is 11.4 Å². The lowest BCUT2D eigenvalue weighted by molar-refractivity contribution is -0.123. The van der Waals surface area contributed by atoms with Gasteiger partial charge >= 0.3 is 0 Å². The van der Waals surface area contributed by atoms with Crippen LogP contribution in [0.5, 0.6) is 5.75 Å². The van der Waals surface area contributed by atoms with E-state index in [-0.39, 0.29) is 11.3 Å². The van der Waals surface area contributed by atoms with Crippen LogP contribution in [0.25, 0.3) is 0 Å². The van der Waals surface area contributed by atoms with Gasteiger partial charge in [0, 0.05) is 24.3 Å². The zero-order valence-corrected chi connectivity index (χ0v) is 12.1. The smallest absolute Gasteiger partial charge is 0.235 e. The molecule has 1 aromatic carbocycles. The van der Waals surface area contributed by atoms with Gasteiger partial charge in [0.15, 0.2) is 0 Å². The van der Waals surface area contributed by atoms with E-state index in [1.165, 1.54) is 12.8 Å². The van der Waals surface area contributed by atoms with Gasteiger partial charge in [0.2, 0.25) is 5.91 Å². The van der Waals surface area contributed by atoms with Crippen molar-refractivity contribution in [3.8, 4) is 5.75 Å². The van der Waals surface area contributed by atoms with Gasteiger partial charge in [0.25, 0.3) is 0 Å². The van der Waals surface area contributed by atoms with Crippen LogP contribution in [0.3, 0.4) is 0 Å². The zero-order chi connectivity index (χ0) is 14.4. The number of carbonyl (C=O) groups excluding carboxylic acids is 1. The number of carbonyl (C=O) groups is 1. The van der Waals surface area contributed by atoms with Crippen molar-refractivity contribution in [1.29, 1.82) is 0 Å². The predicted molar refractivity (Wildman–Crippen MR) is 81.5 cm³/mol. The monoisotopic (exact) mass is 287 g/mol. The highest BCUT2D eigenvalue weighted by atomic mass is 16.5. The van der Waals surface area contributed by atoms with Crippen molar-refractivity contribution in [3.63, 3.8) is 0 Å². The van der Waals surface area contributed by atoms with Crippen LogP contribution in [0.1, 0.15) is 37.7 Å². The third kappa shape index (κ3) is 2.07. The molecule has 0 bridgehead atoms. The molecule has 1 amide bonds. The molecule has 0 aromatic heterocycles. The highest BCUT2D eigenvalue weighted by Gasteiger charge is 2.52. The second-order valence-electron chi connectivity index (χ2n) is 6.41. The Morgan fingerprint density at radius 2 is 2.19 bits per heavy atom. The van der Waals surface area contributed by atoms with Gasteiger partial charge in [-0.3, -0.25) is 4.79 Å². The fraction of sp³-hybridized carbons (Fsp3) is 0.562. The van der Waals surface area contributed by atoms with E-state index in [1.807, 2.05) is 12.1 Å². The van der Waals surface area contributed by atoms with Gasteiger partial charge < -0.3 is 21.1 Å². The lowest BCUT2D eigenvalue weighted by atomic mass is 9.65. The molecule has 4 rings (SSSR count). The van der Waals surface area contributed by atoms with Crippen molar-refractivity contribution in [3.05, 3.63) is 17.7 Å². The Bertz CT molecular complexity index is 591. The Morgan fingerprint density at radius 1 is 1.38 bits per heavy atom. The predicted octanol–water partition coefficient (Wildman–Crippen LogP) is 1.77. The molecular weight excluding hydrogens is 266 g/mol. The van der Waals surface area contributed by atoms with E-state index in [0.717, 1.165) is 37.1 Å². The topological polar surface area (TPSA) is 76.4 Å². The van der Waals surface area contributed by atoms with Crippen LogP contribution in [0.15, 0.2) is 12.1 Å².